The third-order valence-electron chi connectivity index (χ3n) is 4.65. The van der Waals surface area contributed by atoms with Crippen LogP contribution < -0.4 is 4.72 Å². The highest BCUT2D eigenvalue weighted by molar-refractivity contribution is 7.89. The van der Waals surface area contributed by atoms with E-state index in [1.54, 1.807) is 12.1 Å². The van der Waals surface area contributed by atoms with Gasteiger partial charge in [-0.1, -0.05) is 44.4 Å². The van der Waals surface area contributed by atoms with Gasteiger partial charge in [0.2, 0.25) is 10.0 Å². The first kappa shape index (κ1) is 17.4. The molecule has 4 nitrogen and oxygen atoms in total. The summed E-state index contributed by atoms with van der Waals surface area (Å²) in [6.45, 7) is 8.17. The summed E-state index contributed by atoms with van der Waals surface area (Å²) in [5, 5.41) is 0. The van der Waals surface area contributed by atoms with Crippen molar-refractivity contribution in [3.8, 4) is 0 Å². The number of nitrogens with one attached hydrogen (secondary N) is 1. The Balaban J connectivity index is 2.17. The van der Waals surface area contributed by atoms with Crippen LogP contribution in [0.2, 0.25) is 0 Å². The number of hydrogen-bond acceptors (Lipinski definition) is 3. The molecule has 2 rings (SSSR count). The molecule has 1 aliphatic carbocycles. The molecule has 2 atom stereocenters. The summed E-state index contributed by atoms with van der Waals surface area (Å²) in [5.41, 5.74) is 1.07. The summed E-state index contributed by atoms with van der Waals surface area (Å²) in [6, 6.07) is 7.39. The Morgan fingerprint density at radius 3 is 2.27 bits per heavy atom. The number of aryl methyl sites for hydroxylation is 1. The van der Waals surface area contributed by atoms with Crippen LogP contribution in [0.5, 0.6) is 0 Å². The Hall–Kier alpha value is -0.910. The Bertz CT molecular complexity index is 565. The van der Waals surface area contributed by atoms with E-state index >= 15 is 0 Å². The summed E-state index contributed by atoms with van der Waals surface area (Å²) >= 11 is 0. The minimum atomic E-state index is -3.44. The first-order valence-electron chi connectivity index (χ1n) is 8.31. The van der Waals surface area contributed by atoms with Crippen LogP contribution in [0.25, 0.3) is 0 Å². The van der Waals surface area contributed by atoms with Crippen molar-refractivity contribution in [3.05, 3.63) is 29.8 Å². The molecule has 22 heavy (non-hydrogen) atoms. The molecule has 1 N–H and O–H groups in total. The van der Waals surface area contributed by atoms with E-state index in [1.165, 1.54) is 6.42 Å². The molecule has 0 saturated heterocycles. The largest absolute Gasteiger partial charge is 0.299 e. The number of rotatable bonds is 6. The molecule has 1 fully saturated rings. The second-order valence-corrected chi connectivity index (χ2v) is 7.83. The van der Waals surface area contributed by atoms with Crippen molar-refractivity contribution in [2.75, 3.05) is 13.1 Å². The summed E-state index contributed by atoms with van der Waals surface area (Å²) in [7, 11) is -3.44. The van der Waals surface area contributed by atoms with E-state index in [0.29, 0.717) is 10.9 Å². The average molecular weight is 324 g/mol. The van der Waals surface area contributed by atoms with Gasteiger partial charge in [-0.2, -0.15) is 0 Å². The highest BCUT2D eigenvalue weighted by Crippen LogP contribution is 2.25. The van der Waals surface area contributed by atoms with E-state index in [-0.39, 0.29) is 6.04 Å². The highest BCUT2D eigenvalue weighted by atomic mass is 32.2. The predicted molar refractivity (Wildman–Crippen MR) is 90.5 cm³/mol. The topological polar surface area (TPSA) is 49.4 Å². The van der Waals surface area contributed by atoms with Crippen LogP contribution in [0.4, 0.5) is 0 Å². The van der Waals surface area contributed by atoms with Gasteiger partial charge in [-0.15, -0.1) is 0 Å². The standard InChI is InChI=1S/C17H28N2O2S/c1-4-19(5-2)17-9-7-6-8-16(17)18-22(20,21)15-12-10-14(3)11-13-15/h10-13,16-18H,4-9H2,1-3H3. The fourth-order valence-electron chi connectivity index (χ4n) is 3.36. The van der Waals surface area contributed by atoms with Crippen LogP contribution in [0, 0.1) is 6.92 Å². The van der Waals surface area contributed by atoms with Crippen molar-refractivity contribution in [1.82, 2.24) is 9.62 Å². The molecule has 0 radical (unpaired) electrons. The number of nitrogens with zero attached hydrogens (tertiary/aromatic N) is 1. The monoisotopic (exact) mass is 324 g/mol. The second-order valence-electron chi connectivity index (χ2n) is 6.11. The quantitative estimate of drug-likeness (QED) is 0.875. The lowest BCUT2D eigenvalue weighted by atomic mass is 9.90. The van der Waals surface area contributed by atoms with E-state index in [2.05, 4.69) is 23.5 Å². The number of likely N-dealkylation sites (N-methyl/N-ethyl adjacent to an activating group) is 1. The minimum absolute atomic E-state index is 0.0138. The summed E-state index contributed by atoms with van der Waals surface area (Å²) in [5.74, 6) is 0. The van der Waals surface area contributed by atoms with Crippen molar-refractivity contribution >= 4 is 10.0 Å². The van der Waals surface area contributed by atoms with Crippen LogP contribution in [-0.4, -0.2) is 38.5 Å². The van der Waals surface area contributed by atoms with Crippen molar-refractivity contribution in [2.45, 2.75) is 63.4 Å². The molecule has 5 heteroatoms. The van der Waals surface area contributed by atoms with Crippen molar-refractivity contribution in [3.63, 3.8) is 0 Å². The van der Waals surface area contributed by atoms with Gasteiger partial charge >= 0.3 is 0 Å². The van der Waals surface area contributed by atoms with Crippen molar-refractivity contribution in [2.24, 2.45) is 0 Å². The Kier molecular flexibility index (Phi) is 6.01. The summed E-state index contributed by atoms with van der Waals surface area (Å²) in [6.07, 6.45) is 4.28. The van der Waals surface area contributed by atoms with Gasteiger partial charge in [0, 0.05) is 12.1 Å². The molecule has 0 heterocycles. The normalized spacial score (nSPS) is 22.9. The average Bonchev–Trinajstić information content (AvgIpc) is 2.50. The minimum Gasteiger partial charge on any atom is -0.299 e. The first-order valence-corrected chi connectivity index (χ1v) is 9.79. The van der Waals surface area contributed by atoms with E-state index in [0.717, 1.165) is 37.9 Å². The molecule has 0 aliphatic heterocycles. The van der Waals surface area contributed by atoms with Gasteiger partial charge in [0.25, 0.3) is 0 Å². The molecular formula is C17H28N2O2S. The summed E-state index contributed by atoms with van der Waals surface area (Å²) < 4.78 is 28.2. The Morgan fingerprint density at radius 2 is 1.68 bits per heavy atom. The molecule has 0 amide bonds. The fourth-order valence-corrected chi connectivity index (χ4v) is 4.67. The van der Waals surface area contributed by atoms with E-state index in [9.17, 15) is 8.42 Å². The molecule has 1 saturated carbocycles. The van der Waals surface area contributed by atoms with E-state index in [4.69, 9.17) is 0 Å². The SMILES string of the molecule is CCN(CC)C1CCCCC1NS(=O)(=O)c1ccc(C)cc1. The van der Waals surface area contributed by atoms with Crippen LogP contribution in [0.1, 0.15) is 45.1 Å². The van der Waals surface area contributed by atoms with Crippen molar-refractivity contribution < 1.29 is 8.42 Å². The van der Waals surface area contributed by atoms with Crippen LogP contribution >= 0.6 is 0 Å². The lowest BCUT2D eigenvalue weighted by molar-refractivity contribution is 0.144. The molecule has 1 aromatic carbocycles. The molecule has 2 unspecified atom stereocenters. The van der Waals surface area contributed by atoms with E-state index in [1.807, 2.05) is 19.1 Å². The zero-order chi connectivity index (χ0) is 16.2. The van der Waals surface area contributed by atoms with Gasteiger partial charge in [-0.25, -0.2) is 13.1 Å². The number of hydrogen-bond donors (Lipinski definition) is 1. The smallest absolute Gasteiger partial charge is 0.240 e. The molecule has 1 aromatic rings. The third-order valence-corrected chi connectivity index (χ3v) is 6.15. The first-order chi connectivity index (χ1) is 10.5. The Labute approximate surface area is 135 Å². The van der Waals surface area contributed by atoms with Crippen LogP contribution in [-0.2, 0) is 10.0 Å². The maximum absolute atomic E-state index is 12.6. The molecule has 0 spiro atoms. The van der Waals surface area contributed by atoms with Gasteiger partial charge in [-0.05, 0) is 45.0 Å². The van der Waals surface area contributed by atoms with E-state index < -0.39 is 10.0 Å². The van der Waals surface area contributed by atoms with Gasteiger partial charge in [-0.3, -0.25) is 4.90 Å². The zero-order valence-electron chi connectivity index (χ0n) is 13.9. The lowest BCUT2D eigenvalue weighted by Gasteiger charge is -2.39. The molecular weight excluding hydrogens is 296 g/mol. The molecule has 1 aliphatic rings. The lowest BCUT2D eigenvalue weighted by Crippen LogP contribution is -2.53. The molecule has 124 valence electrons. The van der Waals surface area contributed by atoms with Gasteiger partial charge in [0.1, 0.15) is 0 Å². The van der Waals surface area contributed by atoms with Crippen molar-refractivity contribution in [1.29, 1.82) is 0 Å². The number of benzene rings is 1. The predicted octanol–water partition coefficient (Wildman–Crippen LogP) is 2.93. The highest BCUT2D eigenvalue weighted by Gasteiger charge is 2.32. The van der Waals surface area contributed by atoms with Crippen LogP contribution in [0.15, 0.2) is 29.2 Å². The maximum atomic E-state index is 12.6. The van der Waals surface area contributed by atoms with Crippen LogP contribution in [0.3, 0.4) is 0 Å². The number of sulfonamides is 1. The molecule has 0 aromatic heterocycles. The summed E-state index contributed by atoms with van der Waals surface area (Å²) in [4.78, 5) is 2.74. The van der Waals surface area contributed by atoms with Gasteiger partial charge < -0.3 is 0 Å². The second kappa shape index (κ2) is 7.57. The molecule has 0 bridgehead atoms. The zero-order valence-corrected chi connectivity index (χ0v) is 14.7. The maximum Gasteiger partial charge on any atom is 0.240 e. The fraction of sp³-hybridized carbons (Fsp3) is 0.647. The van der Waals surface area contributed by atoms with Gasteiger partial charge in [0.05, 0.1) is 4.90 Å². The Morgan fingerprint density at radius 1 is 1.09 bits per heavy atom. The van der Waals surface area contributed by atoms with Gasteiger partial charge in [0.15, 0.2) is 0 Å². The third kappa shape index (κ3) is 4.09.